The molecule has 104 valence electrons. The Hall–Kier alpha value is -2.12. The number of aromatic nitrogens is 3. The minimum Gasteiger partial charge on any atom is -0.481 e. The van der Waals surface area contributed by atoms with Gasteiger partial charge in [0.05, 0.1) is 5.41 Å². The monoisotopic (exact) mass is 268 g/mol. The molecule has 1 unspecified atom stereocenters. The number of H-pyrrole nitrogens is 2. The zero-order valence-corrected chi connectivity index (χ0v) is 10.6. The van der Waals surface area contributed by atoms with Gasteiger partial charge in [-0.2, -0.15) is 0 Å². The molecule has 1 atom stereocenters. The third-order valence-corrected chi connectivity index (χ3v) is 3.70. The van der Waals surface area contributed by atoms with Crippen LogP contribution in [0.15, 0.2) is 9.59 Å². The number of carboxylic acid groups (broad SMARTS) is 1. The van der Waals surface area contributed by atoms with E-state index >= 15 is 0 Å². The second-order valence-corrected chi connectivity index (χ2v) is 4.79. The maximum absolute atomic E-state index is 11.7. The zero-order valence-electron chi connectivity index (χ0n) is 10.6. The number of hydrogen-bond donors (Lipinski definition) is 3. The Morgan fingerprint density at radius 1 is 1.53 bits per heavy atom. The first-order valence-electron chi connectivity index (χ1n) is 6.16. The lowest BCUT2D eigenvalue weighted by atomic mass is 9.77. The Bertz CT molecular complexity index is 593. The van der Waals surface area contributed by atoms with Gasteiger partial charge in [-0.25, -0.2) is 9.89 Å². The van der Waals surface area contributed by atoms with Crippen molar-refractivity contribution in [2.45, 2.75) is 26.2 Å². The molecule has 19 heavy (non-hydrogen) atoms. The lowest BCUT2D eigenvalue weighted by molar-refractivity contribution is -0.149. The van der Waals surface area contributed by atoms with E-state index in [0.29, 0.717) is 25.8 Å². The van der Waals surface area contributed by atoms with Crippen LogP contribution in [0.5, 0.6) is 0 Å². The number of nitrogens with zero attached hydrogens (tertiary/aromatic N) is 2. The molecule has 8 nitrogen and oxygen atoms in total. The standard InChI is InChI=1S/C11H16N4O4/c1-2-11(9(17)18)4-3-5-15(6-11)7-8(16)12-10(19)14-13-7/h2-6H2,1H3,(H,17,18)(H2,12,14,16,19). The third-order valence-electron chi connectivity index (χ3n) is 3.70. The SMILES string of the molecule is CCC1(C(=O)O)CCCN(c2n[nH]c(=O)[nH]c2=O)C1. The molecule has 1 saturated heterocycles. The van der Waals surface area contributed by atoms with Crippen molar-refractivity contribution in [2.75, 3.05) is 18.0 Å². The molecule has 0 saturated carbocycles. The number of piperidine rings is 1. The lowest BCUT2D eigenvalue weighted by Crippen LogP contribution is -2.49. The molecule has 1 aliphatic heterocycles. The smallest absolute Gasteiger partial charge is 0.342 e. The summed E-state index contributed by atoms with van der Waals surface area (Å²) < 4.78 is 0. The molecule has 1 aromatic rings. The van der Waals surface area contributed by atoms with Crippen LogP contribution in [0.1, 0.15) is 26.2 Å². The van der Waals surface area contributed by atoms with Gasteiger partial charge >= 0.3 is 11.7 Å². The fourth-order valence-corrected chi connectivity index (χ4v) is 2.48. The van der Waals surface area contributed by atoms with Crippen molar-refractivity contribution in [1.29, 1.82) is 0 Å². The largest absolute Gasteiger partial charge is 0.481 e. The first-order valence-corrected chi connectivity index (χ1v) is 6.16. The predicted octanol–water partition coefficient (Wildman–Crippen LogP) is -0.461. The Balaban J connectivity index is 2.33. The highest BCUT2D eigenvalue weighted by Gasteiger charge is 2.41. The van der Waals surface area contributed by atoms with Crippen LogP contribution in [-0.2, 0) is 4.79 Å². The molecular formula is C11H16N4O4. The van der Waals surface area contributed by atoms with E-state index in [9.17, 15) is 19.5 Å². The van der Waals surface area contributed by atoms with Crippen LogP contribution in [0.25, 0.3) is 0 Å². The van der Waals surface area contributed by atoms with Crippen molar-refractivity contribution in [3.8, 4) is 0 Å². The molecule has 0 bridgehead atoms. The summed E-state index contributed by atoms with van der Waals surface area (Å²) in [4.78, 5) is 37.8. The normalized spacial score (nSPS) is 23.3. The van der Waals surface area contributed by atoms with Gasteiger partial charge < -0.3 is 10.0 Å². The highest BCUT2D eigenvalue weighted by Crippen LogP contribution is 2.34. The summed E-state index contributed by atoms with van der Waals surface area (Å²) in [5, 5.41) is 15.3. The van der Waals surface area contributed by atoms with Gasteiger partial charge in [0.15, 0.2) is 0 Å². The summed E-state index contributed by atoms with van der Waals surface area (Å²) in [6, 6.07) is 0. The number of rotatable bonds is 3. The summed E-state index contributed by atoms with van der Waals surface area (Å²) in [7, 11) is 0. The quantitative estimate of drug-likeness (QED) is 0.682. The van der Waals surface area contributed by atoms with Crippen LogP contribution in [0.4, 0.5) is 5.82 Å². The average molecular weight is 268 g/mol. The van der Waals surface area contributed by atoms with Crippen LogP contribution in [-0.4, -0.2) is 39.3 Å². The van der Waals surface area contributed by atoms with Crippen molar-refractivity contribution in [1.82, 2.24) is 15.2 Å². The number of carboxylic acids is 1. The highest BCUT2D eigenvalue weighted by molar-refractivity contribution is 5.75. The van der Waals surface area contributed by atoms with E-state index in [-0.39, 0.29) is 12.4 Å². The van der Waals surface area contributed by atoms with Gasteiger partial charge in [0, 0.05) is 13.1 Å². The Kier molecular flexibility index (Phi) is 3.41. The second kappa shape index (κ2) is 4.87. The first-order chi connectivity index (χ1) is 8.98. The fraction of sp³-hybridized carbons (Fsp3) is 0.636. The van der Waals surface area contributed by atoms with Crippen LogP contribution in [0, 0.1) is 5.41 Å². The number of anilines is 1. The maximum Gasteiger partial charge on any atom is 0.342 e. The van der Waals surface area contributed by atoms with Crippen LogP contribution in [0.2, 0.25) is 0 Å². The summed E-state index contributed by atoms with van der Waals surface area (Å²) >= 11 is 0. The Labute approximate surface area is 108 Å². The zero-order chi connectivity index (χ0) is 14.0. The molecule has 0 radical (unpaired) electrons. The van der Waals surface area contributed by atoms with Gasteiger partial charge in [-0.3, -0.25) is 14.6 Å². The number of nitrogens with one attached hydrogen (secondary N) is 2. The fourth-order valence-electron chi connectivity index (χ4n) is 2.48. The van der Waals surface area contributed by atoms with Crippen molar-refractivity contribution < 1.29 is 9.90 Å². The number of aromatic amines is 2. The molecule has 8 heteroatoms. The van der Waals surface area contributed by atoms with Gasteiger partial charge in [-0.05, 0) is 19.3 Å². The van der Waals surface area contributed by atoms with E-state index in [1.807, 2.05) is 6.92 Å². The summed E-state index contributed by atoms with van der Waals surface area (Å²) in [6.45, 7) is 2.60. The molecule has 2 rings (SSSR count). The van der Waals surface area contributed by atoms with E-state index in [4.69, 9.17) is 0 Å². The summed E-state index contributed by atoms with van der Waals surface area (Å²) in [5.74, 6) is -0.793. The molecular weight excluding hydrogens is 252 g/mol. The van der Waals surface area contributed by atoms with Gasteiger partial charge in [-0.15, -0.1) is 5.10 Å². The number of carbonyl (C=O) groups is 1. The van der Waals surface area contributed by atoms with Crippen LogP contribution in [0.3, 0.4) is 0 Å². The Morgan fingerprint density at radius 3 is 2.84 bits per heavy atom. The topological polar surface area (TPSA) is 119 Å². The van der Waals surface area contributed by atoms with Gasteiger partial charge in [0.25, 0.3) is 5.56 Å². The van der Waals surface area contributed by atoms with Gasteiger partial charge in [0.2, 0.25) is 5.82 Å². The molecule has 3 N–H and O–H groups in total. The highest BCUT2D eigenvalue weighted by atomic mass is 16.4. The van der Waals surface area contributed by atoms with E-state index in [0.717, 1.165) is 0 Å². The minimum absolute atomic E-state index is 0.0679. The summed E-state index contributed by atoms with van der Waals surface area (Å²) in [6.07, 6.45) is 1.73. The lowest BCUT2D eigenvalue weighted by Gasteiger charge is -2.39. The molecule has 1 aromatic heterocycles. The van der Waals surface area contributed by atoms with Crippen molar-refractivity contribution in [3.05, 3.63) is 20.8 Å². The molecule has 2 heterocycles. The van der Waals surface area contributed by atoms with Gasteiger partial charge in [-0.1, -0.05) is 6.92 Å². The third kappa shape index (κ3) is 2.38. The van der Waals surface area contributed by atoms with Gasteiger partial charge in [0.1, 0.15) is 0 Å². The predicted molar refractivity (Wildman–Crippen MR) is 67.3 cm³/mol. The molecule has 0 amide bonds. The number of hydrogen-bond acceptors (Lipinski definition) is 5. The van der Waals surface area contributed by atoms with E-state index in [1.54, 1.807) is 4.90 Å². The summed E-state index contributed by atoms with van der Waals surface area (Å²) in [5.41, 5.74) is -2.13. The molecule has 1 aliphatic rings. The van der Waals surface area contributed by atoms with Crippen molar-refractivity contribution in [2.24, 2.45) is 5.41 Å². The average Bonchev–Trinajstić information content (AvgIpc) is 2.38. The van der Waals surface area contributed by atoms with Crippen molar-refractivity contribution in [3.63, 3.8) is 0 Å². The number of aliphatic carboxylic acids is 1. The first kappa shape index (κ1) is 13.3. The van der Waals surface area contributed by atoms with E-state index in [2.05, 4.69) is 15.2 Å². The van der Waals surface area contributed by atoms with Crippen molar-refractivity contribution >= 4 is 11.8 Å². The minimum atomic E-state index is -0.861. The maximum atomic E-state index is 11.7. The van der Waals surface area contributed by atoms with Crippen LogP contribution < -0.4 is 16.1 Å². The van der Waals surface area contributed by atoms with E-state index in [1.165, 1.54) is 0 Å². The Morgan fingerprint density at radius 2 is 2.26 bits per heavy atom. The second-order valence-electron chi connectivity index (χ2n) is 4.79. The molecule has 0 spiro atoms. The molecule has 1 fully saturated rings. The van der Waals surface area contributed by atoms with Crippen LogP contribution >= 0.6 is 0 Å². The molecule has 0 aromatic carbocycles. The molecule has 0 aliphatic carbocycles. The van der Waals surface area contributed by atoms with E-state index < -0.39 is 22.6 Å².